The van der Waals surface area contributed by atoms with Crippen LogP contribution in [0.4, 0.5) is 0 Å². The van der Waals surface area contributed by atoms with Crippen LogP contribution in [-0.4, -0.2) is 41.5 Å². The van der Waals surface area contributed by atoms with Gasteiger partial charge in [0.25, 0.3) is 0 Å². The SMILES string of the molecule is C=CCN(CC(=O)N(Cc1ccc2c(c1)OCO2)Cc1ccco1)C(=O)C(C)(C)C. The van der Waals surface area contributed by atoms with Crippen molar-refractivity contribution in [1.82, 2.24) is 9.80 Å². The van der Waals surface area contributed by atoms with Gasteiger partial charge in [-0.3, -0.25) is 9.59 Å². The van der Waals surface area contributed by atoms with Gasteiger partial charge in [-0.25, -0.2) is 0 Å². The van der Waals surface area contributed by atoms with Gasteiger partial charge in [-0.05, 0) is 29.8 Å². The van der Waals surface area contributed by atoms with Crippen molar-refractivity contribution in [2.45, 2.75) is 33.9 Å². The lowest BCUT2D eigenvalue weighted by Crippen LogP contribution is -2.46. The summed E-state index contributed by atoms with van der Waals surface area (Å²) in [6, 6.07) is 9.21. The summed E-state index contributed by atoms with van der Waals surface area (Å²) in [4.78, 5) is 29.2. The van der Waals surface area contributed by atoms with E-state index in [-0.39, 0.29) is 25.2 Å². The van der Waals surface area contributed by atoms with E-state index in [0.29, 0.717) is 36.9 Å². The summed E-state index contributed by atoms with van der Waals surface area (Å²) in [6.07, 6.45) is 3.21. The molecule has 0 N–H and O–H groups in total. The van der Waals surface area contributed by atoms with E-state index in [0.717, 1.165) is 5.56 Å². The van der Waals surface area contributed by atoms with E-state index in [2.05, 4.69) is 6.58 Å². The number of hydrogen-bond acceptors (Lipinski definition) is 5. The monoisotopic (exact) mass is 412 g/mol. The topological polar surface area (TPSA) is 72.2 Å². The Hall–Kier alpha value is -3.22. The number of carbonyl (C=O) groups excluding carboxylic acids is 2. The number of ether oxygens (including phenoxy) is 2. The van der Waals surface area contributed by atoms with Crippen LogP contribution >= 0.6 is 0 Å². The first-order valence-corrected chi connectivity index (χ1v) is 9.87. The second-order valence-electron chi connectivity index (χ2n) is 8.24. The fourth-order valence-corrected chi connectivity index (χ4v) is 3.20. The molecule has 0 radical (unpaired) electrons. The number of benzene rings is 1. The van der Waals surface area contributed by atoms with Crippen LogP contribution in [-0.2, 0) is 22.7 Å². The van der Waals surface area contributed by atoms with Crippen LogP contribution in [0.2, 0.25) is 0 Å². The summed E-state index contributed by atoms with van der Waals surface area (Å²) in [5, 5.41) is 0. The lowest BCUT2D eigenvalue weighted by atomic mass is 9.94. The van der Waals surface area contributed by atoms with Crippen molar-refractivity contribution in [2.24, 2.45) is 5.41 Å². The summed E-state index contributed by atoms with van der Waals surface area (Å²) in [7, 11) is 0. The molecule has 0 saturated heterocycles. The highest BCUT2D eigenvalue weighted by Crippen LogP contribution is 2.33. The molecule has 7 heteroatoms. The van der Waals surface area contributed by atoms with E-state index in [1.807, 2.05) is 45.0 Å². The minimum absolute atomic E-state index is 0.0343. The molecule has 160 valence electrons. The van der Waals surface area contributed by atoms with Crippen molar-refractivity contribution in [1.29, 1.82) is 0 Å². The Morgan fingerprint density at radius 3 is 2.53 bits per heavy atom. The summed E-state index contributed by atoms with van der Waals surface area (Å²) in [5.41, 5.74) is 0.309. The van der Waals surface area contributed by atoms with Gasteiger partial charge in [0.05, 0.1) is 12.8 Å². The Bertz CT molecular complexity index is 899. The van der Waals surface area contributed by atoms with Gasteiger partial charge >= 0.3 is 0 Å². The molecule has 3 rings (SSSR count). The fourth-order valence-electron chi connectivity index (χ4n) is 3.20. The maximum absolute atomic E-state index is 13.2. The average Bonchev–Trinajstić information content (AvgIpc) is 3.37. The Labute approximate surface area is 176 Å². The van der Waals surface area contributed by atoms with Gasteiger partial charge in [0.1, 0.15) is 12.3 Å². The molecule has 0 spiro atoms. The fraction of sp³-hybridized carbons (Fsp3) is 0.391. The number of carbonyl (C=O) groups is 2. The van der Waals surface area contributed by atoms with E-state index in [1.54, 1.807) is 23.3 Å². The molecule has 1 aromatic carbocycles. The third-order valence-electron chi connectivity index (χ3n) is 4.69. The van der Waals surface area contributed by atoms with Gasteiger partial charge < -0.3 is 23.7 Å². The summed E-state index contributed by atoms with van der Waals surface area (Å²) < 4.78 is 16.2. The maximum Gasteiger partial charge on any atom is 0.242 e. The number of rotatable bonds is 8. The highest BCUT2D eigenvalue weighted by Gasteiger charge is 2.29. The zero-order chi connectivity index (χ0) is 21.7. The predicted octanol–water partition coefficient (Wildman–Crippen LogP) is 3.60. The third kappa shape index (κ3) is 5.23. The quantitative estimate of drug-likeness (QED) is 0.620. The Balaban J connectivity index is 1.79. The van der Waals surface area contributed by atoms with E-state index >= 15 is 0 Å². The predicted molar refractivity (Wildman–Crippen MR) is 112 cm³/mol. The van der Waals surface area contributed by atoms with E-state index in [9.17, 15) is 9.59 Å². The van der Waals surface area contributed by atoms with Crippen molar-refractivity contribution in [2.75, 3.05) is 19.9 Å². The summed E-state index contributed by atoms with van der Waals surface area (Å²) in [5.74, 6) is 1.74. The zero-order valence-corrected chi connectivity index (χ0v) is 17.7. The standard InChI is InChI=1S/C23H28N2O5/c1-5-10-24(22(27)23(2,3)4)15-21(26)25(14-18-7-6-11-28-18)13-17-8-9-19-20(12-17)30-16-29-19/h5-9,11-12H,1,10,13-16H2,2-4H3. The van der Waals surface area contributed by atoms with E-state index in [4.69, 9.17) is 13.9 Å². The maximum atomic E-state index is 13.2. The van der Waals surface area contributed by atoms with E-state index in [1.165, 1.54) is 4.90 Å². The first-order chi connectivity index (χ1) is 14.3. The zero-order valence-electron chi connectivity index (χ0n) is 17.7. The molecule has 0 atom stereocenters. The average molecular weight is 412 g/mol. The molecular weight excluding hydrogens is 384 g/mol. The molecule has 1 aliphatic rings. The smallest absolute Gasteiger partial charge is 0.242 e. The molecule has 0 aliphatic carbocycles. The Morgan fingerprint density at radius 1 is 1.10 bits per heavy atom. The minimum Gasteiger partial charge on any atom is -0.467 e. The largest absolute Gasteiger partial charge is 0.467 e. The Kier molecular flexibility index (Phi) is 6.50. The van der Waals surface area contributed by atoms with Crippen LogP contribution in [0.1, 0.15) is 32.1 Å². The van der Waals surface area contributed by atoms with Gasteiger partial charge in [-0.2, -0.15) is 0 Å². The first-order valence-electron chi connectivity index (χ1n) is 9.87. The van der Waals surface area contributed by atoms with Crippen LogP contribution in [0.15, 0.2) is 53.7 Å². The molecule has 1 aliphatic heterocycles. The van der Waals surface area contributed by atoms with Crippen molar-refractivity contribution in [3.05, 3.63) is 60.6 Å². The van der Waals surface area contributed by atoms with Crippen LogP contribution < -0.4 is 9.47 Å². The van der Waals surface area contributed by atoms with Gasteiger partial charge in [0.2, 0.25) is 18.6 Å². The molecule has 0 fully saturated rings. The molecule has 7 nitrogen and oxygen atoms in total. The second kappa shape index (κ2) is 9.07. The molecule has 30 heavy (non-hydrogen) atoms. The van der Waals surface area contributed by atoms with Crippen molar-refractivity contribution in [3.63, 3.8) is 0 Å². The number of fused-ring (bicyclic) bond motifs is 1. The van der Waals surface area contributed by atoms with Crippen LogP contribution in [0.25, 0.3) is 0 Å². The number of nitrogens with zero attached hydrogens (tertiary/aromatic N) is 2. The Morgan fingerprint density at radius 2 is 1.87 bits per heavy atom. The van der Waals surface area contributed by atoms with Gasteiger partial charge in [-0.1, -0.05) is 32.9 Å². The normalized spacial score (nSPS) is 12.5. The molecule has 1 aromatic heterocycles. The summed E-state index contributed by atoms with van der Waals surface area (Å²) in [6.45, 7) is 10.3. The van der Waals surface area contributed by atoms with Crippen molar-refractivity contribution < 1.29 is 23.5 Å². The number of hydrogen-bond donors (Lipinski definition) is 0. The van der Waals surface area contributed by atoms with E-state index < -0.39 is 5.41 Å². The highest BCUT2D eigenvalue weighted by atomic mass is 16.7. The number of furan rings is 1. The second-order valence-corrected chi connectivity index (χ2v) is 8.24. The molecule has 0 saturated carbocycles. The van der Waals surface area contributed by atoms with Crippen molar-refractivity contribution in [3.8, 4) is 11.5 Å². The molecule has 2 amide bonds. The van der Waals surface area contributed by atoms with Crippen LogP contribution in [0.5, 0.6) is 11.5 Å². The number of amides is 2. The molecule has 2 heterocycles. The minimum atomic E-state index is -0.591. The van der Waals surface area contributed by atoms with Gasteiger partial charge in [0.15, 0.2) is 11.5 Å². The van der Waals surface area contributed by atoms with Gasteiger partial charge in [-0.15, -0.1) is 6.58 Å². The van der Waals surface area contributed by atoms with Crippen molar-refractivity contribution >= 4 is 11.8 Å². The van der Waals surface area contributed by atoms with Crippen LogP contribution in [0, 0.1) is 5.41 Å². The third-order valence-corrected chi connectivity index (χ3v) is 4.69. The van der Waals surface area contributed by atoms with Gasteiger partial charge in [0, 0.05) is 18.5 Å². The van der Waals surface area contributed by atoms with Crippen LogP contribution in [0.3, 0.4) is 0 Å². The summed E-state index contributed by atoms with van der Waals surface area (Å²) >= 11 is 0. The molecule has 0 unspecified atom stereocenters. The first kappa shape index (κ1) is 21.5. The highest BCUT2D eigenvalue weighted by molar-refractivity contribution is 5.87. The molecular formula is C23H28N2O5. The molecule has 2 aromatic rings. The molecule has 0 bridgehead atoms. The lowest BCUT2D eigenvalue weighted by molar-refractivity contribution is -0.145. The lowest BCUT2D eigenvalue weighted by Gasteiger charge is -2.30.